The summed E-state index contributed by atoms with van der Waals surface area (Å²) in [6.07, 6.45) is 3.43. The third kappa shape index (κ3) is 5.03. The van der Waals surface area contributed by atoms with E-state index in [1.54, 1.807) is 12.3 Å². The zero-order chi connectivity index (χ0) is 17.0. The van der Waals surface area contributed by atoms with Crippen LogP contribution >= 0.6 is 11.3 Å². The summed E-state index contributed by atoms with van der Waals surface area (Å²) < 4.78 is 10.4. The van der Waals surface area contributed by atoms with E-state index in [4.69, 9.17) is 9.47 Å². The minimum absolute atomic E-state index is 0.0186. The maximum Gasteiger partial charge on any atom is 0.357 e. The van der Waals surface area contributed by atoms with E-state index in [1.165, 1.54) is 11.3 Å². The summed E-state index contributed by atoms with van der Waals surface area (Å²) in [5.41, 5.74) is -0.0428. The van der Waals surface area contributed by atoms with Gasteiger partial charge in [-0.15, -0.1) is 11.3 Å². The zero-order valence-corrected chi connectivity index (χ0v) is 15.1. The molecule has 23 heavy (non-hydrogen) atoms. The summed E-state index contributed by atoms with van der Waals surface area (Å²) in [5, 5.41) is 2.73. The third-order valence-corrected chi connectivity index (χ3v) is 4.83. The number of nitrogens with zero attached hydrogens (tertiary/aromatic N) is 1. The van der Waals surface area contributed by atoms with Crippen molar-refractivity contribution in [3.63, 3.8) is 0 Å². The Bertz CT molecular complexity index is 553. The average molecular weight is 339 g/mol. The van der Waals surface area contributed by atoms with Gasteiger partial charge in [0.15, 0.2) is 5.69 Å². The summed E-state index contributed by atoms with van der Waals surface area (Å²) in [6, 6.07) is 0. The average Bonchev–Trinajstić information content (AvgIpc) is 2.96. The first-order valence-corrected chi connectivity index (χ1v) is 9.03. The molecule has 1 aliphatic rings. The molecule has 0 radical (unpaired) electrons. The molecule has 2 rings (SSSR count). The zero-order valence-electron chi connectivity index (χ0n) is 14.3. The van der Waals surface area contributed by atoms with Gasteiger partial charge in [0, 0.05) is 11.3 Å². The maximum atomic E-state index is 12.1. The van der Waals surface area contributed by atoms with Crippen LogP contribution in [0.2, 0.25) is 0 Å². The highest BCUT2D eigenvalue weighted by atomic mass is 32.1. The van der Waals surface area contributed by atoms with Gasteiger partial charge in [-0.2, -0.15) is 0 Å². The normalized spacial score (nSPS) is 21.7. The Balaban J connectivity index is 1.89. The molecule has 1 saturated carbocycles. The van der Waals surface area contributed by atoms with Crippen LogP contribution in [0, 0.1) is 5.92 Å². The quantitative estimate of drug-likeness (QED) is 0.778. The molecule has 1 aromatic rings. The molecule has 6 heteroatoms. The third-order valence-electron chi connectivity index (χ3n) is 3.82. The van der Waals surface area contributed by atoms with Crippen molar-refractivity contribution >= 4 is 23.3 Å². The molecule has 5 nitrogen and oxygen atoms in total. The number of hydrogen-bond acceptors (Lipinski definition) is 6. The van der Waals surface area contributed by atoms with Gasteiger partial charge in [-0.05, 0) is 53.4 Å². The van der Waals surface area contributed by atoms with Gasteiger partial charge in [0.1, 0.15) is 5.60 Å². The van der Waals surface area contributed by atoms with Crippen molar-refractivity contribution in [2.24, 2.45) is 5.92 Å². The van der Waals surface area contributed by atoms with Gasteiger partial charge in [0.25, 0.3) is 0 Å². The fourth-order valence-corrected chi connectivity index (χ4v) is 3.70. The van der Waals surface area contributed by atoms with E-state index < -0.39 is 5.60 Å². The van der Waals surface area contributed by atoms with Crippen molar-refractivity contribution < 1.29 is 19.1 Å². The Labute approximate surface area is 141 Å². The topological polar surface area (TPSA) is 65.5 Å². The number of rotatable bonds is 4. The molecule has 0 saturated heterocycles. The molecule has 1 heterocycles. The molecule has 0 aliphatic heterocycles. The minimum atomic E-state index is -0.433. The first kappa shape index (κ1) is 17.9. The molecule has 0 amide bonds. The highest BCUT2D eigenvalue weighted by Crippen LogP contribution is 2.38. The number of ether oxygens (including phenoxy) is 2. The summed E-state index contributed by atoms with van der Waals surface area (Å²) in [7, 11) is 0. The van der Waals surface area contributed by atoms with Crippen LogP contribution in [0.1, 0.15) is 74.8 Å². The van der Waals surface area contributed by atoms with E-state index in [9.17, 15) is 9.59 Å². The standard InChI is InChI=1S/C17H25NO4S/c1-5-21-16(20)13-10-23-14(18-13)11-6-8-12(9-7-11)15(19)22-17(2,3)4/h10-12H,5-9H2,1-4H3. The molecule has 0 aromatic carbocycles. The minimum Gasteiger partial charge on any atom is -0.461 e. The van der Waals surface area contributed by atoms with Gasteiger partial charge in [-0.1, -0.05) is 0 Å². The molecule has 0 spiro atoms. The van der Waals surface area contributed by atoms with Crippen molar-refractivity contribution in [2.45, 2.75) is 64.9 Å². The highest BCUT2D eigenvalue weighted by molar-refractivity contribution is 7.09. The van der Waals surface area contributed by atoms with Crippen LogP contribution in [-0.4, -0.2) is 29.1 Å². The summed E-state index contributed by atoms with van der Waals surface area (Å²) in [5.74, 6) is -0.156. The second-order valence-corrected chi connectivity index (χ2v) is 7.76. The first-order chi connectivity index (χ1) is 10.8. The van der Waals surface area contributed by atoms with E-state index >= 15 is 0 Å². The Morgan fingerprint density at radius 1 is 1.26 bits per heavy atom. The number of carbonyl (C=O) groups excluding carboxylic acids is 2. The Morgan fingerprint density at radius 3 is 2.48 bits per heavy atom. The largest absolute Gasteiger partial charge is 0.461 e. The Hall–Kier alpha value is -1.43. The lowest BCUT2D eigenvalue weighted by molar-refractivity contribution is -0.161. The van der Waals surface area contributed by atoms with Crippen molar-refractivity contribution in [3.05, 3.63) is 16.1 Å². The van der Waals surface area contributed by atoms with Gasteiger partial charge in [0.2, 0.25) is 0 Å². The number of esters is 2. The van der Waals surface area contributed by atoms with Crippen molar-refractivity contribution in [1.29, 1.82) is 0 Å². The molecule has 0 bridgehead atoms. The van der Waals surface area contributed by atoms with E-state index in [0.717, 1.165) is 30.7 Å². The van der Waals surface area contributed by atoms with Crippen LogP contribution < -0.4 is 0 Å². The second kappa shape index (κ2) is 7.43. The highest BCUT2D eigenvalue weighted by Gasteiger charge is 2.31. The van der Waals surface area contributed by atoms with Crippen LogP contribution in [0.3, 0.4) is 0 Å². The maximum absolute atomic E-state index is 12.1. The van der Waals surface area contributed by atoms with Crippen LogP contribution in [-0.2, 0) is 14.3 Å². The van der Waals surface area contributed by atoms with Crippen molar-refractivity contribution in [2.75, 3.05) is 6.61 Å². The fraction of sp³-hybridized carbons (Fsp3) is 0.706. The van der Waals surface area contributed by atoms with Crippen LogP contribution in [0.15, 0.2) is 5.38 Å². The lowest BCUT2D eigenvalue weighted by Crippen LogP contribution is -2.30. The predicted molar refractivity (Wildman–Crippen MR) is 88.6 cm³/mol. The number of hydrogen-bond donors (Lipinski definition) is 0. The fourth-order valence-electron chi connectivity index (χ4n) is 2.74. The molecule has 1 fully saturated rings. The first-order valence-electron chi connectivity index (χ1n) is 8.15. The second-order valence-electron chi connectivity index (χ2n) is 6.87. The van der Waals surface area contributed by atoms with E-state index in [-0.39, 0.29) is 17.9 Å². The van der Waals surface area contributed by atoms with Crippen LogP contribution in [0.25, 0.3) is 0 Å². The molecular formula is C17H25NO4S. The summed E-state index contributed by atoms with van der Waals surface area (Å²) in [4.78, 5) is 28.2. The van der Waals surface area contributed by atoms with Gasteiger partial charge >= 0.3 is 11.9 Å². The SMILES string of the molecule is CCOC(=O)c1csc(C2CCC(C(=O)OC(C)(C)C)CC2)n1. The summed E-state index contributed by atoms with van der Waals surface area (Å²) >= 11 is 1.50. The smallest absolute Gasteiger partial charge is 0.357 e. The lowest BCUT2D eigenvalue weighted by atomic mass is 9.82. The lowest BCUT2D eigenvalue weighted by Gasteiger charge is -2.29. The van der Waals surface area contributed by atoms with Crippen LogP contribution in [0.5, 0.6) is 0 Å². The van der Waals surface area contributed by atoms with Gasteiger partial charge in [0.05, 0.1) is 17.5 Å². The van der Waals surface area contributed by atoms with E-state index in [2.05, 4.69) is 4.98 Å². The molecule has 0 atom stereocenters. The van der Waals surface area contributed by atoms with E-state index in [0.29, 0.717) is 18.2 Å². The predicted octanol–water partition coefficient (Wildman–Crippen LogP) is 3.94. The monoisotopic (exact) mass is 339 g/mol. The molecule has 0 N–H and O–H groups in total. The Morgan fingerprint density at radius 2 is 1.91 bits per heavy atom. The van der Waals surface area contributed by atoms with Crippen LogP contribution in [0.4, 0.5) is 0 Å². The molecule has 1 aliphatic carbocycles. The number of aromatic nitrogens is 1. The molecular weight excluding hydrogens is 314 g/mol. The molecule has 128 valence electrons. The Kier molecular flexibility index (Phi) is 5.79. The van der Waals surface area contributed by atoms with Gasteiger partial charge < -0.3 is 9.47 Å². The van der Waals surface area contributed by atoms with Crippen molar-refractivity contribution in [1.82, 2.24) is 4.98 Å². The molecule has 0 unspecified atom stereocenters. The number of thiazole rings is 1. The summed E-state index contributed by atoms with van der Waals surface area (Å²) in [6.45, 7) is 7.81. The van der Waals surface area contributed by atoms with Gasteiger partial charge in [-0.25, -0.2) is 9.78 Å². The number of carbonyl (C=O) groups is 2. The van der Waals surface area contributed by atoms with Gasteiger partial charge in [-0.3, -0.25) is 4.79 Å². The van der Waals surface area contributed by atoms with E-state index in [1.807, 2.05) is 20.8 Å². The van der Waals surface area contributed by atoms with Crippen molar-refractivity contribution in [3.8, 4) is 0 Å². The molecule has 1 aromatic heterocycles.